The van der Waals surface area contributed by atoms with E-state index in [0.717, 1.165) is 4.57 Å². The summed E-state index contributed by atoms with van der Waals surface area (Å²) in [6.45, 7) is 0.219. The van der Waals surface area contributed by atoms with Crippen molar-refractivity contribution in [2.75, 3.05) is 5.32 Å². The number of hydrogen-bond donors (Lipinski definition) is 1. The zero-order valence-corrected chi connectivity index (χ0v) is 13.7. The predicted octanol–water partition coefficient (Wildman–Crippen LogP) is 0.602. The lowest BCUT2D eigenvalue weighted by Crippen LogP contribution is -2.37. The average molecular weight is 345 g/mol. The van der Waals surface area contributed by atoms with Gasteiger partial charge < -0.3 is 9.88 Å². The number of carbonyl (C=O) groups is 1. The van der Waals surface area contributed by atoms with E-state index in [1.165, 1.54) is 49.3 Å². The molecule has 0 spiro atoms. The van der Waals surface area contributed by atoms with E-state index in [-0.39, 0.29) is 35.9 Å². The molecule has 3 aromatic rings. The van der Waals surface area contributed by atoms with Crippen LogP contribution in [0.2, 0.25) is 0 Å². The second-order valence-electron chi connectivity index (χ2n) is 5.62. The van der Waals surface area contributed by atoms with E-state index < -0.39 is 11.2 Å². The molecule has 1 aromatic carbocycles. The second kappa shape index (κ2) is 6.34. The Bertz CT molecular complexity index is 1060. The van der Waals surface area contributed by atoms with Crippen molar-refractivity contribution in [2.24, 2.45) is 14.1 Å². The molecule has 1 amide bonds. The minimum absolute atomic E-state index is 0.0921. The topological polar surface area (TPSA) is 90.9 Å². The van der Waals surface area contributed by atoms with E-state index in [1.807, 2.05) is 0 Å². The quantitative estimate of drug-likeness (QED) is 0.750. The van der Waals surface area contributed by atoms with Crippen molar-refractivity contribution in [2.45, 2.75) is 13.0 Å². The van der Waals surface area contributed by atoms with Crippen LogP contribution >= 0.6 is 0 Å². The number of hydrogen-bond acceptors (Lipinski definition) is 4. The van der Waals surface area contributed by atoms with E-state index in [9.17, 15) is 18.8 Å². The number of nitrogens with zero attached hydrogens (tertiary/aromatic N) is 4. The molecule has 3 rings (SSSR count). The van der Waals surface area contributed by atoms with Crippen molar-refractivity contribution in [1.82, 2.24) is 18.7 Å². The summed E-state index contributed by atoms with van der Waals surface area (Å²) < 4.78 is 16.7. The maximum Gasteiger partial charge on any atom is 0.332 e. The lowest BCUT2D eigenvalue weighted by atomic mass is 10.3. The zero-order valence-electron chi connectivity index (χ0n) is 13.7. The van der Waals surface area contributed by atoms with Crippen LogP contribution in [0.5, 0.6) is 0 Å². The first-order valence-corrected chi connectivity index (χ1v) is 7.54. The van der Waals surface area contributed by atoms with Gasteiger partial charge in [0.05, 0.1) is 6.33 Å². The highest BCUT2D eigenvalue weighted by atomic mass is 19.1. The number of benzene rings is 1. The molecule has 2 aromatic heterocycles. The van der Waals surface area contributed by atoms with Crippen LogP contribution in [0.15, 0.2) is 40.2 Å². The first kappa shape index (κ1) is 16.6. The summed E-state index contributed by atoms with van der Waals surface area (Å²) in [5.41, 5.74) is 0.0952. The SMILES string of the molecule is Cn1c(=O)c2c(ncn2CCC(=O)Nc2ccc(F)cc2)n(C)c1=O. The van der Waals surface area contributed by atoms with Crippen LogP contribution in [-0.4, -0.2) is 24.6 Å². The summed E-state index contributed by atoms with van der Waals surface area (Å²) >= 11 is 0. The number of rotatable bonds is 4. The molecule has 0 unspecified atom stereocenters. The lowest BCUT2D eigenvalue weighted by Gasteiger charge is -2.07. The monoisotopic (exact) mass is 345 g/mol. The van der Waals surface area contributed by atoms with Gasteiger partial charge >= 0.3 is 5.69 Å². The van der Waals surface area contributed by atoms with Gasteiger partial charge in [0.25, 0.3) is 5.56 Å². The van der Waals surface area contributed by atoms with Gasteiger partial charge in [-0.3, -0.25) is 18.7 Å². The zero-order chi connectivity index (χ0) is 18.1. The van der Waals surface area contributed by atoms with E-state index in [0.29, 0.717) is 5.69 Å². The molecule has 0 radical (unpaired) electrons. The van der Waals surface area contributed by atoms with E-state index >= 15 is 0 Å². The summed E-state index contributed by atoms with van der Waals surface area (Å²) in [4.78, 5) is 40.3. The van der Waals surface area contributed by atoms with Crippen LogP contribution in [0.25, 0.3) is 11.2 Å². The van der Waals surface area contributed by atoms with E-state index in [2.05, 4.69) is 10.3 Å². The van der Waals surface area contributed by atoms with Crippen molar-refractivity contribution >= 4 is 22.8 Å². The Hall–Kier alpha value is -3.23. The molecule has 8 nitrogen and oxygen atoms in total. The number of amides is 1. The molecular weight excluding hydrogens is 329 g/mol. The van der Waals surface area contributed by atoms with Crippen LogP contribution in [0.3, 0.4) is 0 Å². The Morgan fingerprint density at radius 2 is 1.84 bits per heavy atom. The minimum Gasteiger partial charge on any atom is -0.326 e. The molecule has 0 saturated heterocycles. The molecule has 0 aliphatic heterocycles. The summed E-state index contributed by atoms with van der Waals surface area (Å²) in [5.74, 6) is -0.667. The third kappa shape index (κ3) is 3.08. The molecule has 9 heteroatoms. The fraction of sp³-hybridized carbons (Fsp3) is 0.250. The predicted molar refractivity (Wildman–Crippen MR) is 89.9 cm³/mol. The first-order valence-electron chi connectivity index (χ1n) is 7.54. The van der Waals surface area contributed by atoms with Crippen LogP contribution in [0.4, 0.5) is 10.1 Å². The van der Waals surface area contributed by atoms with Gasteiger partial charge in [-0.1, -0.05) is 0 Å². The molecule has 0 fully saturated rings. The number of imidazole rings is 1. The van der Waals surface area contributed by atoms with Crippen LogP contribution in [0.1, 0.15) is 6.42 Å². The Morgan fingerprint density at radius 1 is 1.16 bits per heavy atom. The van der Waals surface area contributed by atoms with Gasteiger partial charge in [-0.05, 0) is 24.3 Å². The number of aromatic nitrogens is 4. The van der Waals surface area contributed by atoms with Crippen molar-refractivity contribution in [1.29, 1.82) is 0 Å². The van der Waals surface area contributed by atoms with Crippen molar-refractivity contribution < 1.29 is 9.18 Å². The standard InChI is InChI=1S/C16H16FN5O3/c1-20-14-13(15(24)21(2)16(20)25)22(9-18-14)8-7-12(23)19-11-5-3-10(17)4-6-11/h3-6,9H,7-8H2,1-2H3,(H,19,23). The molecule has 0 aliphatic rings. The molecule has 0 saturated carbocycles. The summed E-state index contributed by atoms with van der Waals surface area (Å²) in [5, 5.41) is 2.65. The molecule has 0 atom stereocenters. The van der Waals surface area contributed by atoms with Gasteiger partial charge in [-0.2, -0.15) is 0 Å². The largest absolute Gasteiger partial charge is 0.332 e. The molecule has 1 N–H and O–H groups in total. The fourth-order valence-corrected chi connectivity index (χ4v) is 2.55. The average Bonchev–Trinajstić information content (AvgIpc) is 3.02. The molecule has 0 aliphatic carbocycles. The summed E-state index contributed by atoms with van der Waals surface area (Å²) in [6, 6.07) is 5.43. The van der Waals surface area contributed by atoms with Crippen LogP contribution in [0, 0.1) is 5.82 Å². The summed E-state index contributed by atoms with van der Waals surface area (Å²) in [6.07, 6.45) is 1.52. The van der Waals surface area contributed by atoms with E-state index in [1.54, 1.807) is 4.57 Å². The highest BCUT2D eigenvalue weighted by Gasteiger charge is 2.14. The maximum atomic E-state index is 12.9. The van der Waals surface area contributed by atoms with Gasteiger partial charge in [0.2, 0.25) is 5.91 Å². The molecule has 0 bridgehead atoms. The second-order valence-corrected chi connectivity index (χ2v) is 5.62. The number of fused-ring (bicyclic) bond motifs is 1. The van der Waals surface area contributed by atoms with Gasteiger partial charge in [-0.25, -0.2) is 14.2 Å². The van der Waals surface area contributed by atoms with Crippen molar-refractivity contribution in [3.8, 4) is 0 Å². The molecule has 25 heavy (non-hydrogen) atoms. The van der Waals surface area contributed by atoms with Gasteiger partial charge in [-0.15, -0.1) is 0 Å². The Kier molecular flexibility index (Phi) is 4.22. The number of halogens is 1. The normalized spacial score (nSPS) is 11.0. The van der Waals surface area contributed by atoms with Crippen LogP contribution in [-0.2, 0) is 25.4 Å². The summed E-state index contributed by atoms with van der Waals surface area (Å²) in [7, 11) is 2.92. The van der Waals surface area contributed by atoms with Crippen molar-refractivity contribution in [3.05, 3.63) is 57.2 Å². The van der Waals surface area contributed by atoms with Crippen molar-refractivity contribution in [3.63, 3.8) is 0 Å². The number of carbonyl (C=O) groups excluding carboxylic acids is 1. The number of aryl methyl sites for hydroxylation is 2. The van der Waals surface area contributed by atoms with Gasteiger partial charge in [0.15, 0.2) is 11.2 Å². The smallest absolute Gasteiger partial charge is 0.326 e. The highest BCUT2D eigenvalue weighted by molar-refractivity contribution is 5.90. The maximum absolute atomic E-state index is 12.9. The lowest BCUT2D eigenvalue weighted by molar-refractivity contribution is -0.116. The number of anilines is 1. The minimum atomic E-state index is -0.463. The van der Waals surface area contributed by atoms with Crippen LogP contribution < -0.4 is 16.6 Å². The first-order chi connectivity index (χ1) is 11.9. The number of nitrogens with one attached hydrogen (secondary N) is 1. The highest BCUT2D eigenvalue weighted by Crippen LogP contribution is 2.10. The van der Waals surface area contributed by atoms with Gasteiger partial charge in [0, 0.05) is 32.7 Å². The molecular formula is C16H16FN5O3. The Balaban J connectivity index is 1.80. The fourth-order valence-electron chi connectivity index (χ4n) is 2.55. The van der Waals surface area contributed by atoms with Gasteiger partial charge in [0.1, 0.15) is 5.82 Å². The van der Waals surface area contributed by atoms with E-state index in [4.69, 9.17) is 0 Å². The Morgan fingerprint density at radius 3 is 2.52 bits per heavy atom. The third-order valence-corrected chi connectivity index (χ3v) is 3.92. The third-order valence-electron chi connectivity index (χ3n) is 3.92. The molecule has 130 valence electrons. The molecule has 2 heterocycles. The Labute approximate surface area is 141 Å².